The van der Waals surface area contributed by atoms with Crippen molar-refractivity contribution in [2.45, 2.75) is 37.1 Å². The number of aliphatic hydroxyl groups is 2. The molecule has 0 saturated carbocycles. The van der Waals surface area contributed by atoms with Crippen LogP contribution < -0.4 is 0 Å². The summed E-state index contributed by atoms with van der Waals surface area (Å²) in [5.74, 6) is 0. The van der Waals surface area contributed by atoms with E-state index in [1.54, 1.807) is 0 Å². The Hall–Kier alpha value is -0.640. The lowest BCUT2D eigenvalue weighted by molar-refractivity contribution is -0.0666. The van der Waals surface area contributed by atoms with Crippen molar-refractivity contribution in [2.75, 3.05) is 6.61 Å². The van der Waals surface area contributed by atoms with Crippen LogP contribution in [0.4, 0.5) is 0 Å². The van der Waals surface area contributed by atoms with E-state index in [2.05, 4.69) is 0 Å². The Balaban J connectivity index is 2.21. The lowest BCUT2D eigenvalue weighted by Gasteiger charge is -2.31. The summed E-state index contributed by atoms with van der Waals surface area (Å²) in [6.07, 6.45) is 8.85. The van der Waals surface area contributed by atoms with Crippen LogP contribution in [-0.4, -0.2) is 34.1 Å². The molecule has 14 heavy (non-hydrogen) atoms. The van der Waals surface area contributed by atoms with Crippen LogP contribution in [0, 0.1) is 0 Å². The van der Waals surface area contributed by atoms with Gasteiger partial charge in [-0.15, -0.1) is 0 Å². The van der Waals surface area contributed by atoms with Gasteiger partial charge in [-0.3, -0.25) is 0 Å². The summed E-state index contributed by atoms with van der Waals surface area (Å²) in [5.41, 5.74) is -1.79. The van der Waals surface area contributed by atoms with Crippen LogP contribution in [0.25, 0.3) is 0 Å². The molecule has 1 heterocycles. The average molecular weight is 196 g/mol. The number of rotatable bonds is 4. The molecule has 0 bridgehead atoms. The maximum Gasteiger partial charge on any atom is 0.148 e. The van der Waals surface area contributed by atoms with E-state index >= 15 is 0 Å². The van der Waals surface area contributed by atoms with E-state index in [4.69, 9.17) is 4.74 Å². The number of ether oxygens (including phenoxy) is 1. The Morgan fingerprint density at radius 1 is 1.50 bits per heavy atom. The Bertz CT molecular complexity index is 284. The Morgan fingerprint density at radius 2 is 2.29 bits per heavy atom. The molecule has 3 nitrogen and oxygen atoms in total. The zero-order valence-corrected chi connectivity index (χ0v) is 8.31. The minimum atomic E-state index is -1.13. The number of allylic oxidation sites excluding steroid dienone is 2. The second-order valence-corrected chi connectivity index (χ2v) is 4.02. The second-order valence-electron chi connectivity index (χ2n) is 4.02. The molecule has 78 valence electrons. The minimum absolute atomic E-state index is 0.0591. The van der Waals surface area contributed by atoms with E-state index in [0.717, 1.165) is 6.42 Å². The second kappa shape index (κ2) is 3.19. The number of aliphatic hydroxyl groups excluding tert-OH is 1. The molecule has 2 rings (SSSR count). The van der Waals surface area contributed by atoms with Crippen molar-refractivity contribution in [1.29, 1.82) is 0 Å². The molecule has 0 aromatic heterocycles. The maximum atomic E-state index is 10.3. The molecule has 2 aliphatic rings. The van der Waals surface area contributed by atoms with Gasteiger partial charge >= 0.3 is 0 Å². The van der Waals surface area contributed by atoms with Crippen molar-refractivity contribution in [3.05, 3.63) is 24.3 Å². The topological polar surface area (TPSA) is 53.0 Å². The molecular weight excluding hydrogens is 180 g/mol. The van der Waals surface area contributed by atoms with Crippen molar-refractivity contribution >= 4 is 0 Å². The van der Waals surface area contributed by atoms with Crippen LogP contribution in [0.15, 0.2) is 24.3 Å². The first-order valence-corrected chi connectivity index (χ1v) is 5.05. The molecule has 1 aliphatic carbocycles. The van der Waals surface area contributed by atoms with Gasteiger partial charge in [0, 0.05) is 0 Å². The summed E-state index contributed by atoms with van der Waals surface area (Å²) >= 11 is 0. The first kappa shape index (κ1) is 9.90. The molecule has 0 amide bonds. The maximum absolute atomic E-state index is 10.3. The van der Waals surface area contributed by atoms with Gasteiger partial charge in [0.1, 0.15) is 17.3 Å². The molecule has 0 aromatic carbocycles. The van der Waals surface area contributed by atoms with Gasteiger partial charge in [0.05, 0.1) is 6.61 Å². The van der Waals surface area contributed by atoms with E-state index in [1.165, 1.54) is 0 Å². The normalized spacial score (nSPS) is 37.8. The molecular formula is C11H16O3. The van der Waals surface area contributed by atoms with Gasteiger partial charge in [0.25, 0.3) is 0 Å². The van der Waals surface area contributed by atoms with Gasteiger partial charge in [0.2, 0.25) is 0 Å². The smallest absolute Gasteiger partial charge is 0.148 e. The third-order valence-corrected chi connectivity index (χ3v) is 3.08. The highest BCUT2D eigenvalue weighted by Gasteiger charge is 2.66. The first-order chi connectivity index (χ1) is 6.68. The Morgan fingerprint density at radius 3 is 2.86 bits per heavy atom. The zero-order valence-electron chi connectivity index (χ0n) is 8.31. The molecule has 3 atom stereocenters. The quantitative estimate of drug-likeness (QED) is 0.653. The molecule has 0 spiro atoms. The number of epoxide rings is 1. The van der Waals surface area contributed by atoms with Crippen LogP contribution in [0.1, 0.15) is 19.8 Å². The number of hydrogen-bond donors (Lipinski definition) is 2. The van der Waals surface area contributed by atoms with Crippen molar-refractivity contribution in [3.63, 3.8) is 0 Å². The van der Waals surface area contributed by atoms with Gasteiger partial charge in [-0.2, -0.15) is 0 Å². The Kier molecular flexibility index (Phi) is 2.26. The predicted molar refractivity (Wildman–Crippen MR) is 52.8 cm³/mol. The molecule has 0 radical (unpaired) electrons. The lowest BCUT2D eigenvalue weighted by Crippen LogP contribution is -2.49. The summed E-state index contributed by atoms with van der Waals surface area (Å²) in [6.45, 7) is 1.73. The molecule has 3 unspecified atom stereocenters. The van der Waals surface area contributed by atoms with Crippen molar-refractivity contribution in [2.24, 2.45) is 0 Å². The van der Waals surface area contributed by atoms with Crippen molar-refractivity contribution < 1.29 is 14.9 Å². The largest absolute Gasteiger partial charge is 0.393 e. The van der Waals surface area contributed by atoms with Gasteiger partial charge in [0.15, 0.2) is 0 Å². The fraction of sp³-hybridized carbons (Fsp3) is 0.636. The van der Waals surface area contributed by atoms with Crippen LogP contribution in [0.5, 0.6) is 0 Å². The van der Waals surface area contributed by atoms with Crippen LogP contribution in [0.3, 0.4) is 0 Å². The summed E-state index contributed by atoms with van der Waals surface area (Å²) in [4.78, 5) is 0. The van der Waals surface area contributed by atoms with Crippen molar-refractivity contribution in [1.82, 2.24) is 0 Å². The first-order valence-electron chi connectivity index (χ1n) is 5.05. The Labute approximate surface area is 83.7 Å². The summed E-state index contributed by atoms with van der Waals surface area (Å²) in [5, 5.41) is 19.6. The van der Waals surface area contributed by atoms with Gasteiger partial charge < -0.3 is 14.9 Å². The third-order valence-electron chi connectivity index (χ3n) is 3.08. The highest BCUT2D eigenvalue weighted by molar-refractivity contribution is 5.36. The zero-order chi connectivity index (χ0) is 10.2. The standard InChI is InChI=1S/C11H16O3/c1-2-6-10(13,8-12)11-7-4-3-5-9(11)14-11/h3-5,7,9,12-13H,2,6,8H2,1H3. The molecule has 1 aliphatic heterocycles. The average Bonchev–Trinajstić information content (AvgIpc) is 2.93. The monoisotopic (exact) mass is 196 g/mol. The van der Waals surface area contributed by atoms with Crippen LogP contribution >= 0.6 is 0 Å². The van der Waals surface area contributed by atoms with E-state index in [1.807, 2.05) is 31.2 Å². The SMILES string of the molecule is CCCC(O)(CO)C12C=CC=CC1O2. The minimum Gasteiger partial charge on any atom is -0.393 e. The van der Waals surface area contributed by atoms with E-state index in [-0.39, 0.29) is 12.7 Å². The highest BCUT2D eigenvalue weighted by Crippen LogP contribution is 2.50. The molecule has 3 heteroatoms. The number of hydrogen-bond acceptors (Lipinski definition) is 3. The predicted octanol–water partition coefficient (Wildman–Crippen LogP) is 0.773. The van der Waals surface area contributed by atoms with Crippen LogP contribution in [-0.2, 0) is 4.74 Å². The fourth-order valence-electron chi connectivity index (χ4n) is 2.20. The highest BCUT2D eigenvalue weighted by atomic mass is 16.6. The molecule has 1 fully saturated rings. The summed E-state index contributed by atoms with van der Waals surface area (Å²) in [6, 6.07) is 0. The van der Waals surface area contributed by atoms with Gasteiger partial charge in [-0.05, 0) is 12.5 Å². The van der Waals surface area contributed by atoms with E-state index in [9.17, 15) is 10.2 Å². The van der Waals surface area contributed by atoms with Crippen LogP contribution in [0.2, 0.25) is 0 Å². The molecule has 2 N–H and O–H groups in total. The molecule has 1 saturated heterocycles. The molecule has 0 aromatic rings. The number of fused-ring (bicyclic) bond motifs is 1. The van der Waals surface area contributed by atoms with E-state index in [0.29, 0.717) is 6.42 Å². The van der Waals surface area contributed by atoms with E-state index < -0.39 is 11.2 Å². The van der Waals surface area contributed by atoms with Gasteiger partial charge in [-0.1, -0.05) is 31.6 Å². The lowest BCUT2D eigenvalue weighted by atomic mass is 9.80. The van der Waals surface area contributed by atoms with Gasteiger partial charge in [-0.25, -0.2) is 0 Å². The fourth-order valence-corrected chi connectivity index (χ4v) is 2.20. The summed E-state index contributed by atoms with van der Waals surface area (Å²) in [7, 11) is 0. The van der Waals surface area contributed by atoms with Crippen molar-refractivity contribution in [3.8, 4) is 0 Å². The third kappa shape index (κ3) is 1.16. The summed E-state index contributed by atoms with van der Waals surface area (Å²) < 4.78 is 5.49.